The van der Waals surface area contributed by atoms with E-state index in [1.54, 1.807) is 0 Å². The normalized spacial score (nSPS) is 13.5. The molecular formula is C28H36N2O5. The Morgan fingerprint density at radius 1 is 1.03 bits per heavy atom. The summed E-state index contributed by atoms with van der Waals surface area (Å²) in [7, 11) is 0. The van der Waals surface area contributed by atoms with Crippen LogP contribution in [-0.2, 0) is 14.3 Å². The maximum Gasteiger partial charge on any atom is 0.407 e. The molecular weight excluding hydrogens is 444 g/mol. The van der Waals surface area contributed by atoms with E-state index >= 15 is 0 Å². The van der Waals surface area contributed by atoms with Crippen molar-refractivity contribution in [1.82, 2.24) is 10.2 Å². The second-order valence-electron chi connectivity index (χ2n) is 10.3. The molecule has 3 rings (SSSR count). The summed E-state index contributed by atoms with van der Waals surface area (Å²) >= 11 is 0. The number of carboxylic acid groups (broad SMARTS) is 1. The van der Waals surface area contributed by atoms with E-state index in [1.165, 1.54) is 4.90 Å². The standard InChI is InChI=1S/C28H36N2O5/c1-5-6-15-24(26(33)30(16-25(31)32)18-28(2,3)4)29-27(34)35-17-23-21-13-9-7-11-19(21)20-12-8-10-14-22(20)23/h7-14,23-24H,5-6,15-18H2,1-4H3,(H,29,34)(H,31,32)/t24-/m0/s1. The van der Waals surface area contributed by atoms with E-state index in [4.69, 9.17) is 4.74 Å². The molecule has 0 saturated heterocycles. The Labute approximate surface area is 207 Å². The van der Waals surface area contributed by atoms with Gasteiger partial charge in [0.2, 0.25) is 5.91 Å². The van der Waals surface area contributed by atoms with Crippen LogP contribution in [0.4, 0.5) is 4.79 Å². The van der Waals surface area contributed by atoms with Crippen LogP contribution < -0.4 is 5.32 Å². The van der Waals surface area contributed by atoms with Gasteiger partial charge in [-0.1, -0.05) is 89.1 Å². The summed E-state index contributed by atoms with van der Waals surface area (Å²) in [5.74, 6) is -1.57. The second-order valence-corrected chi connectivity index (χ2v) is 10.3. The highest BCUT2D eigenvalue weighted by Crippen LogP contribution is 2.44. The molecule has 0 aliphatic heterocycles. The number of carbonyl (C=O) groups is 3. The predicted molar refractivity (Wildman–Crippen MR) is 135 cm³/mol. The number of carbonyl (C=O) groups excluding carboxylic acids is 2. The summed E-state index contributed by atoms with van der Waals surface area (Å²) in [5, 5.41) is 12.0. The molecule has 0 spiro atoms. The number of nitrogens with zero attached hydrogens (tertiary/aromatic N) is 1. The second kappa shape index (κ2) is 11.4. The number of alkyl carbamates (subject to hydrolysis) is 1. The summed E-state index contributed by atoms with van der Waals surface area (Å²) in [6.45, 7) is 7.83. The summed E-state index contributed by atoms with van der Waals surface area (Å²) in [5.41, 5.74) is 4.21. The average Bonchev–Trinajstić information content (AvgIpc) is 3.12. The van der Waals surface area contributed by atoms with Gasteiger partial charge in [-0.15, -0.1) is 0 Å². The van der Waals surface area contributed by atoms with E-state index in [2.05, 4.69) is 17.4 Å². The van der Waals surface area contributed by atoms with Crippen LogP contribution >= 0.6 is 0 Å². The quantitative estimate of drug-likeness (QED) is 0.496. The highest BCUT2D eigenvalue weighted by molar-refractivity contribution is 5.88. The van der Waals surface area contributed by atoms with Gasteiger partial charge in [0.1, 0.15) is 19.2 Å². The van der Waals surface area contributed by atoms with Crippen LogP contribution in [0.3, 0.4) is 0 Å². The van der Waals surface area contributed by atoms with Crippen LogP contribution in [0, 0.1) is 5.41 Å². The highest BCUT2D eigenvalue weighted by atomic mass is 16.5. The first-order valence-corrected chi connectivity index (χ1v) is 12.2. The number of unbranched alkanes of at least 4 members (excludes halogenated alkanes) is 1. The van der Waals surface area contributed by atoms with Crippen LogP contribution in [-0.4, -0.2) is 53.7 Å². The van der Waals surface area contributed by atoms with Gasteiger partial charge >= 0.3 is 12.1 Å². The number of nitrogens with one attached hydrogen (secondary N) is 1. The molecule has 7 nitrogen and oxygen atoms in total. The third-order valence-corrected chi connectivity index (χ3v) is 6.08. The molecule has 0 saturated carbocycles. The minimum absolute atomic E-state index is 0.0812. The average molecular weight is 481 g/mol. The number of amides is 2. The Bertz CT molecular complexity index is 1010. The Balaban J connectivity index is 1.71. The van der Waals surface area contributed by atoms with Crippen LogP contribution in [0.2, 0.25) is 0 Å². The maximum absolute atomic E-state index is 13.3. The van der Waals surface area contributed by atoms with E-state index in [0.29, 0.717) is 6.42 Å². The number of aliphatic carboxylic acids is 1. The number of fused-ring (bicyclic) bond motifs is 3. The molecule has 0 bridgehead atoms. The molecule has 2 aromatic rings. The topological polar surface area (TPSA) is 95.9 Å². The zero-order chi connectivity index (χ0) is 25.6. The van der Waals surface area contributed by atoms with Gasteiger partial charge in [0.25, 0.3) is 0 Å². The van der Waals surface area contributed by atoms with Crippen molar-refractivity contribution < 1.29 is 24.2 Å². The molecule has 7 heteroatoms. The Morgan fingerprint density at radius 2 is 1.60 bits per heavy atom. The molecule has 0 radical (unpaired) electrons. The zero-order valence-electron chi connectivity index (χ0n) is 21.0. The highest BCUT2D eigenvalue weighted by Gasteiger charge is 2.32. The largest absolute Gasteiger partial charge is 0.480 e. The van der Waals surface area contributed by atoms with Crippen molar-refractivity contribution >= 4 is 18.0 Å². The van der Waals surface area contributed by atoms with E-state index < -0.39 is 30.6 Å². The lowest BCUT2D eigenvalue weighted by molar-refractivity contribution is -0.146. The third-order valence-electron chi connectivity index (χ3n) is 6.08. The molecule has 1 aliphatic rings. The molecule has 35 heavy (non-hydrogen) atoms. The van der Waals surface area contributed by atoms with Crippen molar-refractivity contribution in [3.05, 3.63) is 59.7 Å². The van der Waals surface area contributed by atoms with Crippen molar-refractivity contribution in [3.63, 3.8) is 0 Å². The van der Waals surface area contributed by atoms with Gasteiger partial charge in [-0.2, -0.15) is 0 Å². The summed E-state index contributed by atoms with van der Waals surface area (Å²) < 4.78 is 5.62. The Morgan fingerprint density at radius 3 is 2.11 bits per heavy atom. The van der Waals surface area contributed by atoms with Gasteiger partial charge in [0, 0.05) is 12.5 Å². The molecule has 1 atom stereocenters. The lowest BCUT2D eigenvalue weighted by Gasteiger charge is -2.32. The van der Waals surface area contributed by atoms with E-state index in [1.807, 2.05) is 64.1 Å². The summed E-state index contributed by atoms with van der Waals surface area (Å²) in [4.78, 5) is 38.8. The smallest absolute Gasteiger partial charge is 0.407 e. The Kier molecular flexibility index (Phi) is 8.54. The SMILES string of the molecule is CCCC[C@H](NC(=O)OCC1c2ccccc2-c2ccccc21)C(=O)N(CC(=O)O)CC(C)(C)C. The van der Waals surface area contributed by atoms with Crippen molar-refractivity contribution in [1.29, 1.82) is 0 Å². The van der Waals surface area contributed by atoms with E-state index in [-0.39, 0.29) is 24.5 Å². The monoisotopic (exact) mass is 480 g/mol. The minimum Gasteiger partial charge on any atom is -0.480 e. The van der Waals surface area contributed by atoms with E-state index in [9.17, 15) is 19.5 Å². The third kappa shape index (κ3) is 6.84. The number of ether oxygens (including phenoxy) is 1. The van der Waals surface area contributed by atoms with Gasteiger partial charge in [-0.25, -0.2) is 4.79 Å². The molecule has 188 valence electrons. The molecule has 0 fully saturated rings. The summed E-state index contributed by atoms with van der Waals surface area (Å²) in [6, 6.07) is 15.3. The first-order valence-electron chi connectivity index (χ1n) is 12.2. The van der Waals surface area contributed by atoms with Gasteiger partial charge in [-0.3, -0.25) is 9.59 Å². The van der Waals surface area contributed by atoms with E-state index in [0.717, 1.165) is 35.1 Å². The molecule has 0 aromatic heterocycles. The summed E-state index contributed by atoms with van der Waals surface area (Å²) in [6.07, 6.45) is 1.30. The Hall–Kier alpha value is -3.35. The molecule has 0 unspecified atom stereocenters. The van der Waals surface area contributed by atoms with Gasteiger partial charge in [-0.05, 0) is 34.1 Å². The molecule has 2 amide bonds. The van der Waals surface area contributed by atoms with Gasteiger partial charge in [0.15, 0.2) is 0 Å². The van der Waals surface area contributed by atoms with Crippen molar-refractivity contribution in [3.8, 4) is 11.1 Å². The zero-order valence-corrected chi connectivity index (χ0v) is 21.0. The van der Waals surface area contributed by atoms with Gasteiger partial charge in [0.05, 0.1) is 0 Å². The fraction of sp³-hybridized carbons (Fsp3) is 0.464. The fourth-order valence-corrected chi connectivity index (χ4v) is 4.62. The van der Waals surface area contributed by atoms with Crippen LogP contribution in [0.15, 0.2) is 48.5 Å². The fourth-order valence-electron chi connectivity index (χ4n) is 4.62. The minimum atomic E-state index is -1.09. The van der Waals surface area contributed by atoms with Crippen LogP contribution in [0.1, 0.15) is 64.0 Å². The van der Waals surface area contributed by atoms with Crippen molar-refractivity contribution in [2.24, 2.45) is 5.41 Å². The van der Waals surface area contributed by atoms with Gasteiger partial charge < -0.3 is 20.1 Å². The lowest BCUT2D eigenvalue weighted by atomic mass is 9.95. The van der Waals surface area contributed by atoms with Crippen molar-refractivity contribution in [2.75, 3.05) is 19.7 Å². The predicted octanol–water partition coefficient (Wildman–Crippen LogP) is 5.04. The maximum atomic E-state index is 13.3. The number of hydrogen-bond donors (Lipinski definition) is 2. The molecule has 1 aliphatic carbocycles. The lowest BCUT2D eigenvalue weighted by Crippen LogP contribution is -2.52. The number of benzene rings is 2. The number of hydrogen-bond acceptors (Lipinski definition) is 4. The molecule has 0 heterocycles. The molecule has 2 aromatic carbocycles. The van der Waals surface area contributed by atoms with Crippen molar-refractivity contribution in [2.45, 2.75) is 58.9 Å². The van der Waals surface area contributed by atoms with Crippen LogP contribution in [0.5, 0.6) is 0 Å². The first kappa shape index (κ1) is 26.3. The molecule has 2 N–H and O–H groups in total. The van der Waals surface area contributed by atoms with Crippen LogP contribution in [0.25, 0.3) is 11.1 Å². The number of carboxylic acids is 1. The first-order chi connectivity index (χ1) is 16.6. The number of rotatable bonds is 10.